The molecular weight excluding hydrogens is 790 g/mol. The molecular formula is C17H15I4NO4. The Balaban J connectivity index is 2.23. The van der Waals surface area contributed by atoms with Crippen molar-refractivity contribution in [2.75, 3.05) is 6.61 Å². The Morgan fingerprint density at radius 1 is 1.08 bits per heavy atom. The summed E-state index contributed by atoms with van der Waals surface area (Å²) >= 11 is 8.55. The van der Waals surface area contributed by atoms with Crippen LogP contribution in [-0.2, 0) is 16.0 Å². The first-order valence-corrected chi connectivity index (χ1v) is 11.8. The van der Waals surface area contributed by atoms with Gasteiger partial charge in [0.25, 0.3) is 0 Å². The lowest BCUT2D eigenvalue weighted by atomic mass is 10.1. The van der Waals surface area contributed by atoms with E-state index in [1.165, 1.54) is 0 Å². The van der Waals surface area contributed by atoms with Crippen molar-refractivity contribution in [2.24, 2.45) is 5.73 Å². The van der Waals surface area contributed by atoms with Crippen molar-refractivity contribution in [3.63, 3.8) is 0 Å². The van der Waals surface area contributed by atoms with E-state index in [2.05, 4.69) is 90.4 Å². The highest BCUT2D eigenvalue weighted by molar-refractivity contribution is 14.1. The molecule has 26 heavy (non-hydrogen) atoms. The Morgan fingerprint density at radius 3 is 2.12 bits per heavy atom. The molecule has 0 spiro atoms. The molecule has 0 saturated heterocycles. The number of aromatic hydroxyl groups is 1. The summed E-state index contributed by atoms with van der Waals surface area (Å²) in [5, 5.41) is 9.89. The standard InChI is InChI=1S/C17H15I4NO4/c1-2-25-17(24)14(22)5-8-3-12(20)16(13(21)4-8)26-9-6-10(18)15(23)11(19)7-9/h3-4,6-7,14,23H,2,5,22H2,1H3/t14-/m0/s1. The number of rotatable bonds is 6. The van der Waals surface area contributed by atoms with Crippen molar-refractivity contribution < 1.29 is 19.4 Å². The van der Waals surface area contributed by atoms with Crippen molar-refractivity contribution in [3.8, 4) is 17.2 Å². The number of phenols is 1. The van der Waals surface area contributed by atoms with Gasteiger partial charge in [-0.15, -0.1) is 0 Å². The fraction of sp³-hybridized carbons (Fsp3) is 0.235. The highest BCUT2D eigenvalue weighted by atomic mass is 127. The molecule has 0 radical (unpaired) electrons. The quantitative estimate of drug-likeness (QED) is 0.317. The van der Waals surface area contributed by atoms with Crippen molar-refractivity contribution in [1.82, 2.24) is 0 Å². The number of esters is 1. The molecule has 0 bridgehead atoms. The summed E-state index contributed by atoms with van der Waals surface area (Å²) in [6.07, 6.45) is 0.403. The molecule has 2 aromatic rings. The largest absolute Gasteiger partial charge is 0.506 e. The molecule has 0 aromatic heterocycles. The summed E-state index contributed by atoms with van der Waals surface area (Å²) in [7, 11) is 0. The lowest BCUT2D eigenvalue weighted by Gasteiger charge is -2.15. The molecule has 1 atom stereocenters. The fourth-order valence-electron chi connectivity index (χ4n) is 2.13. The number of carbonyl (C=O) groups excluding carboxylic acids is 1. The summed E-state index contributed by atoms with van der Waals surface area (Å²) in [5.74, 6) is 1.25. The first kappa shape index (κ1) is 22.7. The Labute approximate surface area is 206 Å². The van der Waals surface area contributed by atoms with Crippen LogP contribution in [0.1, 0.15) is 12.5 Å². The van der Waals surface area contributed by atoms with Crippen molar-refractivity contribution in [2.45, 2.75) is 19.4 Å². The lowest BCUT2D eigenvalue weighted by molar-refractivity contribution is -0.144. The predicted octanol–water partition coefficient (Wildman–Crippen LogP) is 5.04. The van der Waals surface area contributed by atoms with Crippen LogP contribution in [0.3, 0.4) is 0 Å². The second kappa shape index (κ2) is 10.2. The first-order valence-electron chi connectivity index (χ1n) is 7.49. The number of nitrogens with two attached hydrogens (primary N) is 1. The van der Waals surface area contributed by atoms with Crippen molar-refractivity contribution in [1.29, 1.82) is 0 Å². The molecule has 2 rings (SSSR count). The molecule has 3 N–H and O–H groups in total. The SMILES string of the molecule is CCOC(=O)[C@@H](N)Cc1cc(I)c(Oc2cc(I)c(O)c(I)c2)c(I)c1. The zero-order valence-corrected chi connectivity index (χ0v) is 22.2. The highest BCUT2D eigenvalue weighted by Gasteiger charge is 2.18. The summed E-state index contributed by atoms with van der Waals surface area (Å²) < 4.78 is 14.3. The van der Waals surface area contributed by atoms with E-state index in [0.29, 0.717) is 18.8 Å². The van der Waals surface area contributed by atoms with E-state index in [4.69, 9.17) is 15.2 Å². The van der Waals surface area contributed by atoms with Crippen LogP contribution in [0.25, 0.3) is 0 Å². The maximum atomic E-state index is 11.7. The molecule has 0 fully saturated rings. The molecule has 0 heterocycles. The third-order valence-electron chi connectivity index (χ3n) is 3.31. The van der Waals surface area contributed by atoms with Gasteiger partial charge in [-0.2, -0.15) is 0 Å². The highest BCUT2D eigenvalue weighted by Crippen LogP contribution is 2.36. The van der Waals surface area contributed by atoms with Gasteiger partial charge in [0.1, 0.15) is 17.5 Å². The van der Waals surface area contributed by atoms with E-state index in [1.54, 1.807) is 19.1 Å². The summed E-state index contributed by atoms with van der Waals surface area (Å²) in [5.41, 5.74) is 6.85. The topological polar surface area (TPSA) is 81.8 Å². The van der Waals surface area contributed by atoms with Crippen LogP contribution in [0, 0.1) is 14.3 Å². The number of benzene rings is 2. The molecule has 140 valence electrons. The number of halogens is 4. The van der Waals surface area contributed by atoms with Crippen LogP contribution in [0.5, 0.6) is 17.2 Å². The van der Waals surface area contributed by atoms with Gasteiger partial charge < -0.3 is 20.3 Å². The molecule has 2 aromatic carbocycles. The van der Waals surface area contributed by atoms with Gasteiger partial charge >= 0.3 is 5.97 Å². The normalized spacial score (nSPS) is 11.9. The number of hydrogen-bond donors (Lipinski definition) is 2. The Morgan fingerprint density at radius 2 is 1.62 bits per heavy atom. The molecule has 0 aliphatic rings. The Bertz CT molecular complexity index is 782. The minimum Gasteiger partial charge on any atom is -0.506 e. The first-order chi connectivity index (χ1) is 12.2. The maximum absolute atomic E-state index is 11.7. The minimum atomic E-state index is -0.687. The van der Waals surface area contributed by atoms with E-state index in [0.717, 1.165) is 25.6 Å². The fourth-order valence-corrected chi connectivity index (χ4v) is 5.96. The van der Waals surface area contributed by atoms with E-state index in [9.17, 15) is 9.90 Å². The number of carbonyl (C=O) groups is 1. The third kappa shape index (κ3) is 5.94. The molecule has 0 aliphatic carbocycles. The summed E-state index contributed by atoms with van der Waals surface area (Å²) in [4.78, 5) is 11.7. The van der Waals surface area contributed by atoms with Gasteiger partial charge in [-0.05, 0) is 134 Å². The van der Waals surface area contributed by atoms with Gasteiger partial charge in [0.05, 0.1) is 20.9 Å². The second-order valence-electron chi connectivity index (χ2n) is 5.29. The van der Waals surface area contributed by atoms with Gasteiger partial charge in [0.2, 0.25) is 0 Å². The van der Waals surface area contributed by atoms with Crippen LogP contribution in [0.15, 0.2) is 24.3 Å². The minimum absolute atomic E-state index is 0.256. The lowest BCUT2D eigenvalue weighted by Crippen LogP contribution is -2.34. The average molecular weight is 805 g/mol. The van der Waals surface area contributed by atoms with Crippen molar-refractivity contribution in [3.05, 3.63) is 44.1 Å². The molecule has 0 aliphatic heterocycles. The molecule has 9 heteroatoms. The van der Waals surface area contributed by atoms with Gasteiger partial charge in [-0.1, -0.05) is 0 Å². The summed E-state index contributed by atoms with van der Waals surface area (Å²) in [6, 6.07) is 6.79. The van der Waals surface area contributed by atoms with Crippen LogP contribution in [0.2, 0.25) is 0 Å². The molecule has 5 nitrogen and oxygen atoms in total. The zero-order chi connectivity index (χ0) is 19.4. The van der Waals surface area contributed by atoms with Crippen LogP contribution in [-0.4, -0.2) is 23.7 Å². The molecule has 0 saturated carbocycles. The monoisotopic (exact) mass is 805 g/mol. The summed E-state index contributed by atoms with van der Waals surface area (Å²) in [6.45, 7) is 2.08. The van der Waals surface area contributed by atoms with Gasteiger partial charge in [0.15, 0.2) is 5.75 Å². The van der Waals surface area contributed by atoms with Gasteiger partial charge in [0, 0.05) is 0 Å². The average Bonchev–Trinajstić information content (AvgIpc) is 2.56. The Hall–Kier alpha value is 0.390. The van der Waals surface area contributed by atoms with E-state index in [1.807, 2.05) is 12.1 Å². The van der Waals surface area contributed by atoms with Crippen molar-refractivity contribution >= 4 is 96.3 Å². The Kier molecular flexibility index (Phi) is 8.94. The van der Waals surface area contributed by atoms with Gasteiger partial charge in [-0.3, -0.25) is 4.79 Å². The number of hydrogen-bond acceptors (Lipinski definition) is 5. The van der Waals surface area contributed by atoms with Gasteiger partial charge in [-0.25, -0.2) is 0 Å². The van der Waals surface area contributed by atoms with E-state index < -0.39 is 12.0 Å². The predicted molar refractivity (Wildman–Crippen MR) is 134 cm³/mol. The van der Waals surface area contributed by atoms with Crippen LogP contribution in [0.4, 0.5) is 0 Å². The van der Waals surface area contributed by atoms with E-state index in [-0.39, 0.29) is 5.75 Å². The zero-order valence-electron chi connectivity index (χ0n) is 13.6. The third-order valence-corrected chi connectivity index (χ3v) is 6.56. The van der Waals surface area contributed by atoms with E-state index >= 15 is 0 Å². The molecule has 0 unspecified atom stereocenters. The number of ether oxygens (including phenoxy) is 2. The number of phenolic OH excluding ortho intramolecular Hbond substituents is 1. The second-order valence-corrected chi connectivity index (χ2v) is 9.94. The maximum Gasteiger partial charge on any atom is 0.323 e. The smallest absolute Gasteiger partial charge is 0.323 e. The van der Waals surface area contributed by atoms with Crippen LogP contribution >= 0.6 is 90.4 Å². The van der Waals surface area contributed by atoms with Crippen LogP contribution < -0.4 is 10.5 Å². The molecule has 0 amide bonds.